The van der Waals surface area contributed by atoms with Gasteiger partial charge in [0, 0.05) is 17.6 Å². The minimum atomic E-state index is -1.60. The van der Waals surface area contributed by atoms with Gasteiger partial charge in [0.25, 0.3) is 0 Å². The van der Waals surface area contributed by atoms with Gasteiger partial charge in [-0.1, -0.05) is 32.4 Å². The van der Waals surface area contributed by atoms with Crippen LogP contribution in [0.1, 0.15) is 67.2 Å². The van der Waals surface area contributed by atoms with Crippen LogP contribution in [0.5, 0.6) is 0 Å². The Balaban J connectivity index is 2.05. The van der Waals surface area contributed by atoms with Crippen LogP contribution >= 0.6 is 0 Å². The van der Waals surface area contributed by atoms with E-state index in [9.17, 15) is 24.9 Å². The molecule has 7 unspecified atom stereocenters. The van der Waals surface area contributed by atoms with Gasteiger partial charge in [0.05, 0.1) is 18.6 Å². The second kappa shape index (κ2) is 6.69. The molecule has 0 radical (unpaired) electrons. The molecule has 0 amide bonds. The molecule has 6 heteroatoms. The summed E-state index contributed by atoms with van der Waals surface area (Å²) in [6, 6.07) is 0. The fraction of sp³-hybridized carbons (Fsp3) is 0.769. The second-order valence-corrected chi connectivity index (χ2v) is 11.8. The Labute approximate surface area is 190 Å². The van der Waals surface area contributed by atoms with E-state index in [0.29, 0.717) is 25.7 Å². The van der Waals surface area contributed by atoms with Crippen molar-refractivity contribution in [2.45, 2.75) is 73.3 Å². The Bertz CT molecular complexity index is 946. The zero-order valence-electron chi connectivity index (χ0n) is 20.4. The number of carbonyl (C=O) groups excluding carboxylic acids is 2. The van der Waals surface area contributed by atoms with E-state index in [1.165, 1.54) is 7.11 Å². The van der Waals surface area contributed by atoms with E-state index in [0.717, 1.165) is 5.57 Å². The standard InChI is InChI=1S/C26H38O6/c1-14-12-17-23(5,10-8-16-22(3,4)18(28)9-11-25(16,17)13-27)26(21(31)32-7)20(30)15(2)19(29)24(14,26)6/h12,16-18,27-29H,8-11,13H2,1-7H3. The van der Waals surface area contributed by atoms with Crippen molar-refractivity contribution in [2.75, 3.05) is 13.7 Å². The molecule has 2 saturated carbocycles. The molecular formula is C26H38O6. The predicted octanol–water partition coefficient (Wildman–Crippen LogP) is 3.72. The molecule has 0 heterocycles. The number of methoxy groups -OCH3 is 1. The molecule has 0 bridgehead atoms. The van der Waals surface area contributed by atoms with Crippen molar-refractivity contribution < 1.29 is 29.6 Å². The van der Waals surface area contributed by atoms with E-state index in [2.05, 4.69) is 19.9 Å². The van der Waals surface area contributed by atoms with Gasteiger partial charge in [0.2, 0.25) is 0 Å². The number of esters is 1. The summed E-state index contributed by atoms with van der Waals surface area (Å²) in [6.45, 7) is 11.3. The van der Waals surface area contributed by atoms with E-state index in [4.69, 9.17) is 4.74 Å². The molecule has 4 aliphatic carbocycles. The predicted molar refractivity (Wildman–Crippen MR) is 120 cm³/mol. The Hall–Kier alpha value is -1.66. The van der Waals surface area contributed by atoms with Crippen LogP contribution in [0.15, 0.2) is 23.0 Å². The Morgan fingerprint density at radius 2 is 1.78 bits per heavy atom. The molecule has 0 spiro atoms. The maximum Gasteiger partial charge on any atom is 0.321 e. The molecule has 178 valence electrons. The summed E-state index contributed by atoms with van der Waals surface area (Å²) in [6.07, 6.45) is 4.05. The molecule has 0 aliphatic heterocycles. The summed E-state index contributed by atoms with van der Waals surface area (Å²) in [4.78, 5) is 27.7. The number of ketones is 1. The van der Waals surface area contributed by atoms with Crippen LogP contribution < -0.4 is 0 Å². The maximum atomic E-state index is 14.0. The highest BCUT2D eigenvalue weighted by molar-refractivity contribution is 6.17. The highest BCUT2D eigenvalue weighted by Crippen LogP contribution is 2.77. The third-order valence-electron chi connectivity index (χ3n) is 10.7. The average Bonchev–Trinajstić information content (AvgIpc) is 2.91. The third kappa shape index (κ3) is 2.15. The highest BCUT2D eigenvalue weighted by atomic mass is 16.5. The first-order valence-electron chi connectivity index (χ1n) is 11.8. The lowest BCUT2D eigenvalue weighted by molar-refractivity contribution is -0.226. The Kier molecular flexibility index (Phi) is 4.91. The normalized spacial score (nSPS) is 47.3. The van der Waals surface area contributed by atoms with Gasteiger partial charge in [0.15, 0.2) is 11.2 Å². The van der Waals surface area contributed by atoms with Crippen LogP contribution in [0.25, 0.3) is 0 Å². The van der Waals surface area contributed by atoms with E-state index in [-0.39, 0.29) is 35.6 Å². The monoisotopic (exact) mass is 446 g/mol. The molecule has 0 saturated heterocycles. The quantitative estimate of drug-likeness (QED) is 0.339. The molecule has 4 aliphatic rings. The van der Waals surface area contributed by atoms with Crippen molar-refractivity contribution in [1.82, 2.24) is 0 Å². The van der Waals surface area contributed by atoms with Crippen LogP contribution in [0.4, 0.5) is 0 Å². The number of allylic oxidation sites excluding steroid dienone is 3. The highest BCUT2D eigenvalue weighted by Gasteiger charge is 2.80. The SMILES string of the molecule is COC(=O)C12C(=O)C(C)=C(O)C1(C)C(C)=CC1C3(CO)CCC(O)C(C)(C)C3CCC12C. The van der Waals surface area contributed by atoms with Gasteiger partial charge in [-0.25, -0.2) is 0 Å². The fourth-order valence-corrected chi connectivity index (χ4v) is 8.83. The van der Waals surface area contributed by atoms with Crippen molar-refractivity contribution in [3.05, 3.63) is 23.0 Å². The number of aliphatic hydroxyl groups excluding tert-OH is 3. The minimum absolute atomic E-state index is 0.0316. The zero-order valence-corrected chi connectivity index (χ0v) is 20.4. The van der Waals surface area contributed by atoms with Gasteiger partial charge < -0.3 is 20.1 Å². The number of ether oxygens (including phenoxy) is 1. The van der Waals surface area contributed by atoms with Crippen molar-refractivity contribution in [2.24, 2.45) is 38.9 Å². The van der Waals surface area contributed by atoms with Crippen molar-refractivity contribution in [3.8, 4) is 0 Å². The zero-order chi connectivity index (χ0) is 24.1. The molecule has 0 aromatic carbocycles. The van der Waals surface area contributed by atoms with Crippen molar-refractivity contribution in [3.63, 3.8) is 0 Å². The molecule has 3 N–H and O–H groups in total. The second-order valence-electron chi connectivity index (χ2n) is 11.8. The van der Waals surface area contributed by atoms with E-state index in [1.54, 1.807) is 13.8 Å². The van der Waals surface area contributed by atoms with Crippen LogP contribution in [0, 0.1) is 38.9 Å². The van der Waals surface area contributed by atoms with Gasteiger partial charge in [-0.05, 0) is 69.1 Å². The van der Waals surface area contributed by atoms with Gasteiger partial charge in [-0.3, -0.25) is 9.59 Å². The van der Waals surface area contributed by atoms with Gasteiger partial charge in [-0.2, -0.15) is 0 Å². The van der Waals surface area contributed by atoms with E-state index in [1.807, 2.05) is 13.8 Å². The van der Waals surface area contributed by atoms with E-state index < -0.39 is 39.1 Å². The first-order chi connectivity index (χ1) is 14.7. The van der Waals surface area contributed by atoms with Gasteiger partial charge in [-0.15, -0.1) is 0 Å². The van der Waals surface area contributed by atoms with Gasteiger partial charge >= 0.3 is 5.97 Å². The molecule has 32 heavy (non-hydrogen) atoms. The molecule has 7 atom stereocenters. The molecule has 2 fully saturated rings. The number of rotatable bonds is 2. The molecule has 0 aromatic heterocycles. The Morgan fingerprint density at radius 3 is 2.34 bits per heavy atom. The van der Waals surface area contributed by atoms with Crippen molar-refractivity contribution >= 4 is 11.8 Å². The fourth-order valence-electron chi connectivity index (χ4n) is 8.83. The summed E-state index contributed by atoms with van der Waals surface area (Å²) < 4.78 is 5.32. The number of aliphatic hydroxyl groups is 3. The van der Waals surface area contributed by atoms with Crippen LogP contribution in [0.3, 0.4) is 0 Å². The molecule has 6 nitrogen and oxygen atoms in total. The topological polar surface area (TPSA) is 104 Å². The van der Waals surface area contributed by atoms with Crippen LogP contribution in [0.2, 0.25) is 0 Å². The number of hydrogen-bond acceptors (Lipinski definition) is 6. The molecular weight excluding hydrogens is 408 g/mol. The van der Waals surface area contributed by atoms with Crippen molar-refractivity contribution in [1.29, 1.82) is 0 Å². The molecule has 4 rings (SSSR count). The van der Waals surface area contributed by atoms with E-state index >= 15 is 0 Å². The average molecular weight is 447 g/mol. The summed E-state index contributed by atoms with van der Waals surface area (Å²) in [5.41, 5.74) is -3.67. The number of Topliss-reactive ketones (excluding diaryl/α,β-unsaturated/α-hetero) is 1. The largest absolute Gasteiger partial charge is 0.511 e. The number of hydrogen-bond donors (Lipinski definition) is 3. The minimum Gasteiger partial charge on any atom is -0.511 e. The first-order valence-corrected chi connectivity index (χ1v) is 11.8. The number of fused-ring (bicyclic) bond motifs is 5. The Morgan fingerprint density at radius 1 is 1.16 bits per heavy atom. The summed E-state index contributed by atoms with van der Waals surface area (Å²) in [7, 11) is 1.30. The smallest absolute Gasteiger partial charge is 0.321 e. The third-order valence-corrected chi connectivity index (χ3v) is 10.7. The first kappa shape index (κ1) is 23.5. The van der Waals surface area contributed by atoms with Crippen LogP contribution in [-0.4, -0.2) is 46.9 Å². The summed E-state index contributed by atoms with van der Waals surface area (Å²) >= 11 is 0. The lowest BCUT2D eigenvalue weighted by atomic mass is 9.33. The summed E-state index contributed by atoms with van der Waals surface area (Å²) in [5, 5.41) is 32.9. The number of carbonyl (C=O) groups is 2. The maximum absolute atomic E-state index is 14.0. The lowest BCUT2D eigenvalue weighted by Crippen LogP contribution is -2.70. The lowest BCUT2D eigenvalue weighted by Gasteiger charge is -2.69. The molecule has 0 aromatic rings. The van der Waals surface area contributed by atoms with Crippen LogP contribution in [-0.2, 0) is 14.3 Å². The van der Waals surface area contributed by atoms with Gasteiger partial charge in [0.1, 0.15) is 5.76 Å². The summed E-state index contributed by atoms with van der Waals surface area (Å²) in [5.74, 6) is -1.29.